The van der Waals surface area contributed by atoms with Crippen molar-refractivity contribution in [2.75, 3.05) is 13.2 Å². The Hall–Kier alpha value is -1.66. The number of aliphatic hydroxyl groups excluding tert-OH is 2. The van der Waals surface area contributed by atoms with Crippen LogP contribution in [0.2, 0.25) is 0 Å². The Morgan fingerprint density at radius 3 is 0.807 bits per heavy atom. The van der Waals surface area contributed by atoms with Crippen molar-refractivity contribution in [2.45, 2.75) is 475 Å². The Bertz CT molecular complexity index is 1380. The van der Waals surface area contributed by atoms with Crippen LogP contribution < -0.4 is 5.32 Å². The topological polar surface area (TPSA) is 95.9 Å². The van der Waals surface area contributed by atoms with Gasteiger partial charge in [0.25, 0.3) is 0 Å². The normalized spacial score (nSPS) is 12.5. The van der Waals surface area contributed by atoms with Gasteiger partial charge in [-0.2, -0.15) is 0 Å². The van der Waals surface area contributed by atoms with Gasteiger partial charge in [0.1, 0.15) is 0 Å². The molecule has 3 N–H and O–H groups in total. The Balaban J connectivity index is 3.35. The molecular formula is C82H159NO5. The highest BCUT2D eigenvalue weighted by molar-refractivity contribution is 5.76. The van der Waals surface area contributed by atoms with Gasteiger partial charge in [-0.05, 0) is 57.8 Å². The summed E-state index contributed by atoms with van der Waals surface area (Å²) < 4.78 is 5.51. The number of rotatable bonds is 77. The van der Waals surface area contributed by atoms with Gasteiger partial charge in [0.05, 0.1) is 25.4 Å². The fourth-order valence-electron chi connectivity index (χ4n) is 13.0. The van der Waals surface area contributed by atoms with Crippen LogP contribution in [-0.2, 0) is 14.3 Å². The first-order valence-electron chi connectivity index (χ1n) is 40.6. The zero-order chi connectivity index (χ0) is 63.5. The molecule has 0 spiro atoms. The van der Waals surface area contributed by atoms with E-state index in [1.165, 1.54) is 392 Å². The van der Waals surface area contributed by atoms with Gasteiger partial charge in [0, 0.05) is 12.8 Å². The summed E-state index contributed by atoms with van der Waals surface area (Å²) in [5.41, 5.74) is 0. The number of ether oxygens (including phenoxy) is 1. The lowest BCUT2D eigenvalue weighted by Gasteiger charge is -2.20. The second-order valence-electron chi connectivity index (χ2n) is 28.1. The molecule has 0 fully saturated rings. The predicted molar refractivity (Wildman–Crippen MR) is 389 cm³/mol. The number of amides is 1. The van der Waals surface area contributed by atoms with E-state index in [9.17, 15) is 19.8 Å². The van der Waals surface area contributed by atoms with E-state index in [-0.39, 0.29) is 18.5 Å². The minimum atomic E-state index is -0.843. The minimum Gasteiger partial charge on any atom is -0.466 e. The van der Waals surface area contributed by atoms with Crippen molar-refractivity contribution in [1.82, 2.24) is 5.32 Å². The van der Waals surface area contributed by atoms with Crippen molar-refractivity contribution in [1.29, 1.82) is 0 Å². The van der Waals surface area contributed by atoms with Gasteiger partial charge >= 0.3 is 5.97 Å². The van der Waals surface area contributed by atoms with Gasteiger partial charge in [-0.1, -0.05) is 417 Å². The Kier molecular flexibility index (Phi) is 76.3. The summed E-state index contributed by atoms with van der Waals surface area (Å²) in [5, 5.41) is 23.3. The standard InChI is InChI=1S/C82H159NO5/c1-3-5-7-9-11-13-15-17-19-21-22-23-24-33-36-39-43-46-50-54-58-62-66-70-74-80(85)79(78-84)83-81(86)75-71-67-63-59-55-51-47-44-40-37-34-31-29-27-25-26-28-30-32-35-38-41-45-49-53-57-61-65-69-73-77-88-82(87)76-72-68-64-60-56-52-48-42-20-18-16-14-12-10-8-6-4-2/h18,20,70,74,79-80,84-85H,3-17,19,21-69,71-73,75-78H2,1-2H3,(H,83,86)/b20-18-,74-70+. The molecule has 0 aliphatic heterocycles. The summed E-state index contributed by atoms with van der Waals surface area (Å²) in [6.07, 6.45) is 100. The van der Waals surface area contributed by atoms with Gasteiger partial charge in [0.2, 0.25) is 5.91 Å². The number of aliphatic hydroxyl groups is 2. The summed E-state index contributed by atoms with van der Waals surface area (Å²) in [6, 6.07) is -0.626. The zero-order valence-corrected chi connectivity index (χ0v) is 60.0. The van der Waals surface area contributed by atoms with E-state index in [4.69, 9.17) is 4.74 Å². The summed E-state index contributed by atoms with van der Waals surface area (Å²) in [5.74, 6) is -0.0410. The van der Waals surface area contributed by atoms with Crippen LogP contribution in [0, 0.1) is 0 Å². The van der Waals surface area contributed by atoms with Crippen molar-refractivity contribution < 1.29 is 24.5 Å². The van der Waals surface area contributed by atoms with Crippen LogP contribution in [0.1, 0.15) is 463 Å². The first kappa shape index (κ1) is 86.3. The Labute approximate surface area is 551 Å². The van der Waals surface area contributed by atoms with Crippen LogP contribution in [0.15, 0.2) is 24.3 Å². The Morgan fingerprint density at radius 1 is 0.307 bits per heavy atom. The molecule has 0 aromatic carbocycles. The maximum atomic E-state index is 12.6. The number of carbonyl (C=O) groups excluding carboxylic acids is 2. The second kappa shape index (κ2) is 77.8. The molecule has 0 aromatic rings. The molecule has 0 saturated carbocycles. The fraction of sp³-hybridized carbons (Fsp3) is 0.927. The van der Waals surface area contributed by atoms with Crippen molar-refractivity contribution in [3.8, 4) is 0 Å². The smallest absolute Gasteiger partial charge is 0.305 e. The molecule has 522 valence electrons. The SMILES string of the molecule is CCCCCCCC/C=C\CCCCCCCCCC(=O)OCCCCCCCCCCCCCCCCCCCCCCCCCCCCCCCCC(=O)NC(CO)C(O)/C=C/CCCCCCCCCCCCCCCCCCCCCCCC. The first-order chi connectivity index (χ1) is 43.5. The molecule has 0 rings (SSSR count). The lowest BCUT2D eigenvalue weighted by Crippen LogP contribution is -2.45. The van der Waals surface area contributed by atoms with Crippen LogP contribution in [0.3, 0.4) is 0 Å². The molecule has 0 heterocycles. The average molecular weight is 1240 g/mol. The van der Waals surface area contributed by atoms with Crippen LogP contribution in [-0.4, -0.2) is 47.4 Å². The van der Waals surface area contributed by atoms with E-state index in [1.807, 2.05) is 6.08 Å². The van der Waals surface area contributed by atoms with E-state index in [2.05, 4.69) is 31.3 Å². The lowest BCUT2D eigenvalue weighted by molar-refractivity contribution is -0.143. The predicted octanol–water partition coefficient (Wildman–Crippen LogP) is 26.8. The van der Waals surface area contributed by atoms with Crippen molar-refractivity contribution in [2.24, 2.45) is 0 Å². The largest absolute Gasteiger partial charge is 0.466 e. The molecule has 6 heteroatoms. The second-order valence-corrected chi connectivity index (χ2v) is 28.1. The summed E-state index contributed by atoms with van der Waals surface area (Å²) >= 11 is 0. The Morgan fingerprint density at radius 2 is 0.534 bits per heavy atom. The van der Waals surface area contributed by atoms with Gasteiger partial charge in [-0.3, -0.25) is 9.59 Å². The highest BCUT2D eigenvalue weighted by Crippen LogP contribution is 2.20. The summed E-state index contributed by atoms with van der Waals surface area (Å²) in [6.45, 7) is 4.96. The molecule has 0 saturated heterocycles. The van der Waals surface area contributed by atoms with Gasteiger partial charge < -0.3 is 20.3 Å². The molecule has 0 aliphatic rings. The first-order valence-corrected chi connectivity index (χ1v) is 40.6. The molecule has 1 amide bonds. The van der Waals surface area contributed by atoms with E-state index >= 15 is 0 Å². The van der Waals surface area contributed by atoms with Crippen LogP contribution in [0.5, 0.6) is 0 Å². The third kappa shape index (κ3) is 73.4. The number of carbonyl (C=O) groups is 2. The maximum Gasteiger partial charge on any atom is 0.305 e. The third-order valence-corrected chi connectivity index (χ3v) is 19.2. The molecular weight excluding hydrogens is 1080 g/mol. The molecule has 0 aliphatic carbocycles. The van der Waals surface area contributed by atoms with Gasteiger partial charge in [0.15, 0.2) is 0 Å². The fourth-order valence-corrected chi connectivity index (χ4v) is 13.0. The maximum absolute atomic E-state index is 12.6. The highest BCUT2D eigenvalue weighted by Gasteiger charge is 2.18. The van der Waals surface area contributed by atoms with E-state index in [0.717, 1.165) is 44.9 Å². The number of allylic oxidation sites excluding steroid dienone is 3. The van der Waals surface area contributed by atoms with Gasteiger partial charge in [-0.25, -0.2) is 0 Å². The van der Waals surface area contributed by atoms with Crippen LogP contribution >= 0.6 is 0 Å². The lowest BCUT2D eigenvalue weighted by atomic mass is 10.0. The van der Waals surface area contributed by atoms with Crippen LogP contribution in [0.4, 0.5) is 0 Å². The van der Waals surface area contributed by atoms with Crippen molar-refractivity contribution in [3.63, 3.8) is 0 Å². The van der Waals surface area contributed by atoms with E-state index < -0.39 is 12.1 Å². The summed E-state index contributed by atoms with van der Waals surface area (Å²) in [7, 11) is 0. The molecule has 6 nitrogen and oxygen atoms in total. The third-order valence-electron chi connectivity index (χ3n) is 19.2. The quantitative estimate of drug-likeness (QED) is 0.0320. The highest BCUT2D eigenvalue weighted by atomic mass is 16.5. The molecule has 2 atom stereocenters. The minimum absolute atomic E-state index is 0.0176. The number of hydrogen-bond acceptors (Lipinski definition) is 5. The van der Waals surface area contributed by atoms with Crippen molar-refractivity contribution >= 4 is 11.9 Å². The number of unbranched alkanes of at least 4 members (excludes halogenated alkanes) is 64. The molecule has 0 bridgehead atoms. The monoisotopic (exact) mass is 1240 g/mol. The zero-order valence-electron chi connectivity index (χ0n) is 60.0. The molecule has 88 heavy (non-hydrogen) atoms. The molecule has 0 radical (unpaired) electrons. The van der Waals surface area contributed by atoms with Crippen molar-refractivity contribution in [3.05, 3.63) is 24.3 Å². The van der Waals surface area contributed by atoms with Crippen LogP contribution in [0.25, 0.3) is 0 Å². The van der Waals surface area contributed by atoms with E-state index in [0.29, 0.717) is 19.4 Å². The summed E-state index contributed by atoms with van der Waals surface area (Å²) in [4.78, 5) is 24.7. The number of nitrogens with one attached hydrogen (secondary N) is 1. The molecule has 2 unspecified atom stereocenters. The number of esters is 1. The average Bonchev–Trinajstić information content (AvgIpc) is 3.58. The van der Waals surface area contributed by atoms with Gasteiger partial charge in [-0.15, -0.1) is 0 Å². The van der Waals surface area contributed by atoms with E-state index in [1.54, 1.807) is 6.08 Å². The molecule has 0 aromatic heterocycles. The number of hydrogen-bond donors (Lipinski definition) is 3.